The van der Waals surface area contributed by atoms with Gasteiger partial charge in [-0.2, -0.15) is 12.8 Å². The largest absolute Gasteiger partial charge is 0.283 e. The van der Waals surface area contributed by atoms with Gasteiger partial charge in [0.05, 0.1) is 10.6 Å². The lowest BCUT2D eigenvalue weighted by atomic mass is 9.87. The van der Waals surface area contributed by atoms with E-state index >= 15 is 0 Å². The molecular weight excluding hydrogens is 402 g/mol. The van der Waals surface area contributed by atoms with Gasteiger partial charge in [-0.25, -0.2) is 0 Å². The van der Waals surface area contributed by atoms with Crippen LogP contribution in [-0.2, 0) is 10.0 Å². The average Bonchev–Trinajstić information content (AvgIpc) is 2.81. The van der Waals surface area contributed by atoms with Crippen LogP contribution in [0.25, 0.3) is 32.7 Å². The van der Waals surface area contributed by atoms with Gasteiger partial charge in [0.2, 0.25) is 0 Å². The van der Waals surface area contributed by atoms with E-state index in [0.29, 0.717) is 5.71 Å². The molecule has 31 heavy (non-hydrogen) atoms. The lowest BCUT2D eigenvalue weighted by Gasteiger charge is -2.21. The van der Waals surface area contributed by atoms with Crippen molar-refractivity contribution in [3.8, 4) is 11.1 Å². The Morgan fingerprint density at radius 2 is 1.29 bits per heavy atom. The van der Waals surface area contributed by atoms with Gasteiger partial charge in [0.25, 0.3) is 10.0 Å². The zero-order valence-corrected chi connectivity index (χ0v) is 17.3. The SMILES string of the molecule is O=S1(=O)N=C(c2c(-c3ccccc3)ccc3ccccc23)c2cccc3cccc1c23. The highest BCUT2D eigenvalue weighted by molar-refractivity contribution is 7.90. The number of rotatable bonds is 2. The number of fused-ring (bicyclic) bond motifs is 1. The first-order valence-electron chi connectivity index (χ1n) is 10.1. The van der Waals surface area contributed by atoms with Crippen LogP contribution in [0.4, 0.5) is 0 Å². The van der Waals surface area contributed by atoms with Crippen molar-refractivity contribution in [2.45, 2.75) is 4.90 Å². The second-order valence-electron chi connectivity index (χ2n) is 7.65. The Morgan fingerprint density at radius 3 is 2.13 bits per heavy atom. The summed E-state index contributed by atoms with van der Waals surface area (Å²) in [5.74, 6) is 0. The molecule has 1 aliphatic rings. The standard InChI is InChI=1S/C27H17NO2S/c29-31(30)24-15-7-12-20-11-6-14-23(25(20)24)27(28-31)26-21-13-5-4-10-19(21)16-17-22(26)18-8-2-1-3-9-18/h1-17H. The molecule has 0 aromatic heterocycles. The first kappa shape index (κ1) is 18.0. The molecule has 6 rings (SSSR count). The van der Waals surface area contributed by atoms with Gasteiger partial charge >= 0.3 is 0 Å². The van der Waals surface area contributed by atoms with Crippen LogP contribution in [0, 0.1) is 0 Å². The number of hydrogen-bond acceptors (Lipinski definition) is 2. The molecule has 0 radical (unpaired) electrons. The molecule has 4 heteroatoms. The molecule has 0 unspecified atom stereocenters. The molecule has 0 N–H and O–H groups in total. The normalized spacial score (nSPS) is 14.5. The molecule has 0 amide bonds. The highest BCUT2D eigenvalue weighted by Gasteiger charge is 2.29. The highest BCUT2D eigenvalue weighted by atomic mass is 32.2. The molecule has 148 valence electrons. The lowest BCUT2D eigenvalue weighted by molar-refractivity contribution is 0.598. The zero-order chi connectivity index (χ0) is 21.0. The number of hydrogen-bond donors (Lipinski definition) is 0. The quantitative estimate of drug-likeness (QED) is 0.342. The maximum atomic E-state index is 13.2. The summed E-state index contributed by atoms with van der Waals surface area (Å²) in [4.78, 5) is 0.269. The van der Waals surface area contributed by atoms with Crippen molar-refractivity contribution in [2.75, 3.05) is 0 Å². The Balaban J connectivity index is 1.79. The van der Waals surface area contributed by atoms with E-state index in [0.717, 1.165) is 43.8 Å². The third-order valence-corrected chi connectivity index (χ3v) is 7.18. The Kier molecular flexibility index (Phi) is 3.86. The molecule has 3 nitrogen and oxygen atoms in total. The summed E-state index contributed by atoms with van der Waals surface area (Å²) in [6, 6.07) is 33.5. The Labute approximate surface area is 180 Å². The minimum atomic E-state index is -3.83. The van der Waals surface area contributed by atoms with E-state index in [1.165, 1.54) is 0 Å². The molecule has 1 heterocycles. The zero-order valence-electron chi connectivity index (χ0n) is 16.5. The van der Waals surface area contributed by atoms with Crippen molar-refractivity contribution >= 4 is 37.3 Å². The predicted molar refractivity (Wildman–Crippen MR) is 126 cm³/mol. The lowest BCUT2D eigenvalue weighted by Crippen LogP contribution is -2.16. The van der Waals surface area contributed by atoms with E-state index in [4.69, 9.17) is 0 Å². The van der Waals surface area contributed by atoms with E-state index in [2.05, 4.69) is 16.5 Å². The molecule has 0 saturated carbocycles. The van der Waals surface area contributed by atoms with E-state index in [1.807, 2.05) is 78.9 Å². The van der Waals surface area contributed by atoms with Crippen molar-refractivity contribution in [3.63, 3.8) is 0 Å². The average molecular weight is 420 g/mol. The van der Waals surface area contributed by atoms with Gasteiger partial charge in [-0.3, -0.25) is 0 Å². The second-order valence-corrected chi connectivity index (χ2v) is 9.22. The van der Waals surface area contributed by atoms with Gasteiger partial charge in [-0.15, -0.1) is 0 Å². The molecule has 5 aromatic carbocycles. The van der Waals surface area contributed by atoms with Crippen LogP contribution in [-0.4, -0.2) is 14.1 Å². The maximum Gasteiger partial charge on any atom is 0.283 e. The van der Waals surface area contributed by atoms with Gasteiger partial charge in [0.15, 0.2) is 0 Å². The molecular formula is C27H17NO2S. The minimum Gasteiger partial charge on any atom is -0.199 e. The fraction of sp³-hybridized carbons (Fsp3) is 0. The van der Waals surface area contributed by atoms with E-state index in [-0.39, 0.29) is 4.90 Å². The first-order chi connectivity index (χ1) is 15.1. The van der Waals surface area contributed by atoms with Gasteiger partial charge in [-0.05, 0) is 33.4 Å². The van der Waals surface area contributed by atoms with E-state index < -0.39 is 10.0 Å². The van der Waals surface area contributed by atoms with E-state index in [9.17, 15) is 8.42 Å². The number of benzene rings is 5. The molecule has 0 bridgehead atoms. The third kappa shape index (κ3) is 2.72. The predicted octanol–water partition coefficient (Wildman–Crippen LogP) is 6.20. The highest BCUT2D eigenvalue weighted by Crippen LogP contribution is 2.39. The summed E-state index contributed by atoms with van der Waals surface area (Å²) in [6.07, 6.45) is 0. The van der Waals surface area contributed by atoms with Crippen LogP contribution < -0.4 is 0 Å². The van der Waals surface area contributed by atoms with Crippen molar-refractivity contribution in [1.82, 2.24) is 0 Å². The number of sulfonamides is 1. The van der Waals surface area contributed by atoms with Crippen LogP contribution in [0.1, 0.15) is 11.1 Å². The summed E-state index contributed by atoms with van der Waals surface area (Å²) in [5.41, 5.74) is 4.17. The first-order valence-corrected chi connectivity index (χ1v) is 11.5. The van der Waals surface area contributed by atoms with Crippen molar-refractivity contribution in [1.29, 1.82) is 0 Å². The van der Waals surface area contributed by atoms with Gasteiger partial charge in [0.1, 0.15) is 0 Å². The summed E-state index contributed by atoms with van der Waals surface area (Å²) in [5, 5.41) is 3.66. The number of nitrogens with zero attached hydrogens (tertiary/aromatic N) is 1. The monoisotopic (exact) mass is 419 g/mol. The van der Waals surface area contributed by atoms with Crippen LogP contribution in [0.3, 0.4) is 0 Å². The fourth-order valence-corrected chi connectivity index (χ4v) is 5.77. The van der Waals surface area contributed by atoms with Crippen molar-refractivity contribution < 1.29 is 8.42 Å². The Morgan fingerprint density at radius 1 is 0.581 bits per heavy atom. The van der Waals surface area contributed by atoms with Crippen molar-refractivity contribution in [2.24, 2.45) is 4.40 Å². The Hall–Kier alpha value is -3.76. The molecule has 0 fully saturated rings. The smallest absolute Gasteiger partial charge is 0.199 e. The van der Waals surface area contributed by atoms with Crippen LogP contribution in [0.5, 0.6) is 0 Å². The van der Waals surface area contributed by atoms with Gasteiger partial charge < -0.3 is 0 Å². The molecule has 0 saturated heterocycles. The second kappa shape index (κ2) is 6.62. The summed E-state index contributed by atoms with van der Waals surface area (Å²) < 4.78 is 30.9. The van der Waals surface area contributed by atoms with Gasteiger partial charge in [0, 0.05) is 16.5 Å². The molecule has 0 aliphatic carbocycles. The molecule has 0 spiro atoms. The molecule has 0 atom stereocenters. The van der Waals surface area contributed by atoms with Crippen LogP contribution in [0.15, 0.2) is 112 Å². The summed E-state index contributed by atoms with van der Waals surface area (Å²) in [7, 11) is -3.83. The summed E-state index contributed by atoms with van der Waals surface area (Å²) in [6.45, 7) is 0. The minimum absolute atomic E-state index is 0.269. The van der Waals surface area contributed by atoms with Crippen molar-refractivity contribution in [3.05, 3.63) is 114 Å². The summed E-state index contributed by atoms with van der Waals surface area (Å²) >= 11 is 0. The molecule has 1 aliphatic heterocycles. The molecule has 5 aromatic rings. The third-order valence-electron chi connectivity index (χ3n) is 5.86. The van der Waals surface area contributed by atoms with E-state index in [1.54, 1.807) is 12.1 Å². The van der Waals surface area contributed by atoms with Crippen LogP contribution in [0.2, 0.25) is 0 Å². The fourth-order valence-electron chi connectivity index (χ4n) is 4.50. The van der Waals surface area contributed by atoms with Gasteiger partial charge in [-0.1, -0.05) is 97.1 Å². The van der Waals surface area contributed by atoms with Crippen LogP contribution >= 0.6 is 0 Å². The topological polar surface area (TPSA) is 46.5 Å². The Bertz CT molecular complexity index is 1630. The maximum absolute atomic E-state index is 13.2.